The van der Waals surface area contributed by atoms with Crippen molar-refractivity contribution in [3.05, 3.63) is 22.4 Å². The molecule has 3 aliphatic rings. The lowest BCUT2D eigenvalue weighted by atomic mass is 9.84. The standard InChI is InChI=1S/C17H26N2O2S/c1-2-15-11-18(10-14-3-9-22-13-14)12-16(17(15)21-6-1)19-4-7-20-8-5-19/h3,9,13,15-17H,1-2,4-8,10-12H2/t15-,16+,17-/m0/s1. The van der Waals surface area contributed by atoms with E-state index in [4.69, 9.17) is 9.47 Å². The number of fused-ring (bicyclic) bond motifs is 1. The highest BCUT2D eigenvalue weighted by Gasteiger charge is 2.42. The predicted molar refractivity (Wildman–Crippen MR) is 88.2 cm³/mol. The molecule has 0 N–H and O–H groups in total. The molecule has 3 aliphatic heterocycles. The maximum absolute atomic E-state index is 6.22. The van der Waals surface area contributed by atoms with Crippen LogP contribution in [-0.4, -0.2) is 67.9 Å². The van der Waals surface area contributed by atoms with Crippen LogP contribution in [0, 0.1) is 5.92 Å². The normalized spacial score (nSPS) is 34.5. The van der Waals surface area contributed by atoms with Gasteiger partial charge in [0.1, 0.15) is 0 Å². The highest BCUT2D eigenvalue weighted by atomic mass is 32.1. The SMILES string of the molecule is c1cc(CN2C[C@@H]3CCCO[C@@H]3[C@H](N3CCOCC3)C2)cs1. The van der Waals surface area contributed by atoms with E-state index in [9.17, 15) is 0 Å². The summed E-state index contributed by atoms with van der Waals surface area (Å²) in [7, 11) is 0. The number of likely N-dealkylation sites (tertiary alicyclic amines) is 1. The zero-order valence-corrected chi connectivity index (χ0v) is 14.0. The average molecular weight is 322 g/mol. The molecule has 5 heteroatoms. The Labute approximate surface area is 137 Å². The number of hydrogen-bond donors (Lipinski definition) is 0. The molecular weight excluding hydrogens is 296 g/mol. The van der Waals surface area contributed by atoms with Gasteiger partial charge in [0.05, 0.1) is 19.3 Å². The van der Waals surface area contributed by atoms with Crippen molar-refractivity contribution in [3.8, 4) is 0 Å². The summed E-state index contributed by atoms with van der Waals surface area (Å²) >= 11 is 1.80. The van der Waals surface area contributed by atoms with Crippen LogP contribution in [0.25, 0.3) is 0 Å². The summed E-state index contributed by atoms with van der Waals surface area (Å²) in [5.41, 5.74) is 1.46. The van der Waals surface area contributed by atoms with Gasteiger partial charge >= 0.3 is 0 Å². The second-order valence-corrected chi connectivity index (χ2v) is 7.56. The number of thiophene rings is 1. The van der Waals surface area contributed by atoms with Crippen LogP contribution >= 0.6 is 11.3 Å². The van der Waals surface area contributed by atoms with Crippen LogP contribution < -0.4 is 0 Å². The van der Waals surface area contributed by atoms with Crippen LogP contribution in [0.5, 0.6) is 0 Å². The molecular formula is C17H26N2O2S. The van der Waals surface area contributed by atoms with E-state index >= 15 is 0 Å². The molecule has 0 spiro atoms. The van der Waals surface area contributed by atoms with Gasteiger partial charge in [-0.05, 0) is 41.1 Å². The quantitative estimate of drug-likeness (QED) is 0.850. The van der Waals surface area contributed by atoms with Crippen molar-refractivity contribution in [2.75, 3.05) is 46.0 Å². The molecule has 0 saturated carbocycles. The van der Waals surface area contributed by atoms with Crippen molar-refractivity contribution in [1.82, 2.24) is 9.80 Å². The Bertz CT molecular complexity index is 461. The van der Waals surface area contributed by atoms with E-state index in [2.05, 4.69) is 26.6 Å². The minimum atomic E-state index is 0.436. The zero-order chi connectivity index (χ0) is 14.8. The first-order valence-corrected chi connectivity index (χ1v) is 9.51. The first kappa shape index (κ1) is 15.1. The smallest absolute Gasteiger partial charge is 0.0782 e. The summed E-state index contributed by atoms with van der Waals surface area (Å²) in [5.74, 6) is 0.703. The Morgan fingerprint density at radius 1 is 1.18 bits per heavy atom. The molecule has 1 aromatic rings. The Morgan fingerprint density at radius 2 is 2.09 bits per heavy atom. The molecule has 122 valence electrons. The first-order chi connectivity index (χ1) is 10.9. The molecule has 0 bridgehead atoms. The van der Waals surface area contributed by atoms with E-state index in [-0.39, 0.29) is 0 Å². The monoisotopic (exact) mass is 322 g/mol. The van der Waals surface area contributed by atoms with Crippen LogP contribution in [0.15, 0.2) is 16.8 Å². The first-order valence-electron chi connectivity index (χ1n) is 8.57. The molecule has 4 nitrogen and oxygen atoms in total. The lowest BCUT2D eigenvalue weighted by Crippen LogP contribution is -2.62. The van der Waals surface area contributed by atoms with Crippen molar-refractivity contribution < 1.29 is 9.47 Å². The number of ether oxygens (including phenoxy) is 2. The number of morpholine rings is 1. The fourth-order valence-corrected chi connectivity index (χ4v) is 4.92. The minimum absolute atomic E-state index is 0.436. The van der Waals surface area contributed by atoms with E-state index in [0.717, 1.165) is 46.0 Å². The van der Waals surface area contributed by atoms with Gasteiger partial charge in [0.2, 0.25) is 0 Å². The zero-order valence-electron chi connectivity index (χ0n) is 13.2. The molecule has 3 fully saturated rings. The Hall–Kier alpha value is -0.460. The lowest BCUT2D eigenvalue weighted by molar-refractivity contribution is -0.128. The van der Waals surface area contributed by atoms with E-state index in [1.54, 1.807) is 11.3 Å². The second kappa shape index (κ2) is 6.97. The summed E-state index contributed by atoms with van der Waals surface area (Å²) < 4.78 is 11.8. The number of hydrogen-bond acceptors (Lipinski definition) is 5. The van der Waals surface area contributed by atoms with E-state index in [0.29, 0.717) is 18.1 Å². The van der Waals surface area contributed by atoms with Gasteiger partial charge in [-0.25, -0.2) is 0 Å². The van der Waals surface area contributed by atoms with E-state index in [1.807, 2.05) is 0 Å². The van der Waals surface area contributed by atoms with Crippen molar-refractivity contribution in [3.63, 3.8) is 0 Å². The maximum Gasteiger partial charge on any atom is 0.0782 e. The van der Waals surface area contributed by atoms with Crippen LogP contribution in [-0.2, 0) is 16.0 Å². The Balaban J connectivity index is 1.48. The minimum Gasteiger partial charge on any atom is -0.379 e. The van der Waals surface area contributed by atoms with Gasteiger partial charge in [0.15, 0.2) is 0 Å². The van der Waals surface area contributed by atoms with E-state index in [1.165, 1.54) is 24.9 Å². The second-order valence-electron chi connectivity index (χ2n) is 6.78. The molecule has 4 rings (SSSR count). The fraction of sp³-hybridized carbons (Fsp3) is 0.765. The summed E-state index contributed by atoms with van der Waals surface area (Å²) in [5, 5.41) is 4.47. The van der Waals surface area contributed by atoms with Gasteiger partial charge in [-0.3, -0.25) is 9.80 Å². The third-order valence-electron chi connectivity index (χ3n) is 5.31. The van der Waals surface area contributed by atoms with Crippen LogP contribution in [0.1, 0.15) is 18.4 Å². The van der Waals surface area contributed by atoms with Gasteiger partial charge in [-0.1, -0.05) is 0 Å². The largest absolute Gasteiger partial charge is 0.379 e. The summed E-state index contributed by atoms with van der Waals surface area (Å²) in [4.78, 5) is 5.27. The van der Waals surface area contributed by atoms with Crippen LogP contribution in [0.2, 0.25) is 0 Å². The Morgan fingerprint density at radius 3 is 2.91 bits per heavy atom. The van der Waals surface area contributed by atoms with Gasteiger partial charge in [0, 0.05) is 45.4 Å². The molecule has 1 aromatic heterocycles. The molecule has 0 unspecified atom stereocenters. The molecule has 0 radical (unpaired) electrons. The third kappa shape index (κ3) is 3.24. The number of nitrogens with zero attached hydrogens (tertiary/aromatic N) is 2. The van der Waals surface area contributed by atoms with Gasteiger partial charge < -0.3 is 9.47 Å². The molecule has 0 amide bonds. The average Bonchev–Trinajstić information content (AvgIpc) is 3.08. The Kier molecular flexibility index (Phi) is 4.78. The van der Waals surface area contributed by atoms with Gasteiger partial charge in [-0.15, -0.1) is 0 Å². The number of piperidine rings is 1. The summed E-state index contributed by atoms with van der Waals surface area (Å²) in [6, 6.07) is 2.80. The predicted octanol–water partition coefficient (Wildman–Crippen LogP) is 2.06. The molecule has 0 aromatic carbocycles. The highest BCUT2D eigenvalue weighted by molar-refractivity contribution is 7.07. The van der Waals surface area contributed by atoms with Crippen molar-refractivity contribution in [2.45, 2.75) is 31.5 Å². The molecule has 0 aliphatic carbocycles. The number of rotatable bonds is 3. The summed E-state index contributed by atoms with van der Waals surface area (Å²) in [6.45, 7) is 8.24. The van der Waals surface area contributed by atoms with Crippen LogP contribution in [0.4, 0.5) is 0 Å². The van der Waals surface area contributed by atoms with Crippen molar-refractivity contribution in [1.29, 1.82) is 0 Å². The van der Waals surface area contributed by atoms with Gasteiger partial charge in [0.25, 0.3) is 0 Å². The lowest BCUT2D eigenvalue weighted by Gasteiger charge is -2.50. The molecule has 3 saturated heterocycles. The molecule has 3 atom stereocenters. The highest BCUT2D eigenvalue weighted by Crippen LogP contribution is 2.32. The van der Waals surface area contributed by atoms with E-state index < -0.39 is 0 Å². The van der Waals surface area contributed by atoms with Crippen LogP contribution in [0.3, 0.4) is 0 Å². The topological polar surface area (TPSA) is 24.9 Å². The molecule has 4 heterocycles. The molecule has 22 heavy (non-hydrogen) atoms. The fourth-order valence-electron chi connectivity index (χ4n) is 4.26. The van der Waals surface area contributed by atoms with Gasteiger partial charge in [-0.2, -0.15) is 11.3 Å². The van der Waals surface area contributed by atoms with Crippen molar-refractivity contribution in [2.24, 2.45) is 5.92 Å². The maximum atomic E-state index is 6.22. The van der Waals surface area contributed by atoms with Crippen molar-refractivity contribution >= 4 is 11.3 Å². The summed E-state index contributed by atoms with van der Waals surface area (Å²) in [6.07, 6.45) is 2.99. The third-order valence-corrected chi connectivity index (χ3v) is 6.04.